The number of nitrogens with zero attached hydrogens (tertiary/aromatic N) is 2. The lowest BCUT2D eigenvalue weighted by Gasteiger charge is -2.35. The number of carbonyl (C=O) groups excluding carboxylic acids is 2. The minimum Gasteiger partial charge on any atom is -0.490 e. The van der Waals surface area contributed by atoms with E-state index in [0.29, 0.717) is 47.0 Å². The molecule has 9 nitrogen and oxygen atoms in total. The van der Waals surface area contributed by atoms with Gasteiger partial charge in [0.25, 0.3) is 11.8 Å². The number of nitrogens with one attached hydrogen (secondary N) is 2. The van der Waals surface area contributed by atoms with E-state index >= 15 is 0 Å². The zero-order valence-electron chi connectivity index (χ0n) is 25.1. The second-order valence-corrected chi connectivity index (χ2v) is 13.0. The molecule has 2 amide bonds. The molecule has 0 atom stereocenters. The smallest absolute Gasteiger partial charge is 0.259 e. The number of aliphatic hydroxyl groups is 1. The Morgan fingerprint density at radius 3 is 2.61 bits per heavy atom. The molecule has 0 radical (unpaired) electrons. The lowest BCUT2D eigenvalue weighted by molar-refractivity contribution is 0.0140. The zero-order valence-corrected chi connectivity index (χ0v) is 25.9. The summed E-state index contributed by atoms with van der Waals surface area (Å²) in [6.45, 7) is 8.31. The number of para-hydroxylation sites is 1. The number of carbonyl (C=O) groups is 2. The number of hydrogen-bond acceptors (Lipinski definition) is 8. The van der Waals surface area contributed by atoms with Gasteiger partial charge in [0, 0.05) is 41.8 Å². The van der Waals surface area contributed by atoms with Crippen LogP contribution >= 0.6 is 11.3 Å². The van der Waals surface area contributed by atoms with Crippen molar-refractivity contribution in [3.8, 4) is 27.8 Å². The SMILES string of the molecule is Cc1c(C(=O)NCc2cnc(-c3ccc(OC4CCN(CC(C)(C)O)CC4)cc3)s2)ccc2c1NC(=O)c1ccccc1O2. The topological polar surface area (TPSA) is 113 Å². The number of benzene rings is 3. The molecule has 0 saturated carbocycles. The van der Waals surface area contributed by atoms with Crippen molar-refractivity contribution in [2.24, 2.45) is 0 Å². The van der Waals surface area contributed by atoms with E-state index in [4.69, 9.17) is 9.47 Å². The summed E-state index contributed by atoms with van der Waals surface area (Å²) in [6, 6.07) is 18.4. The normalized spacial score (nSPS) is 15.4. The molecular formula is C34H36N4O5S. The number of ether oxygens (including phenoxy) is 2. The molecule has 228 valence electrons. The molecule has 1 fully saturated rings. The predicted octanol–water partition coefficient (Wildman–Crippen LogP) is 6.02. The summed E-state index contributed by atoms with van der Waals surface area (Å²) < 4.78 is 12.2. The number of rotatable bonds is 8. The van der Waals surface area contributed by atoms with Crippen LogP contribution in [0, 0.1) is 6.92 Å². The largest absolute Gasteiger partial charge is 0.490 e. The number of aromatic nitrogens is 1. The average Bonchev–Trinajstić information content (AvgIpc) is 3.42. The maximum atomic E-state index is 13.2. The minimum absolute atomic E-state index is 0.164. The summed E-state index contributed by atoms with van der Waals surface area (Å²) >= 11 is 1.52. The molecule has 6 rings (SSSR count). The van der Waals surface area contributed by atoms with Crippen molar-refractivity contribution in [2.45, 2.75) is 51.9 Å². The molecule has 0 unspecified atom stereocenters. The first-order valence-electron chi connectivity index (χ1n) is 14.8. The number of anilines is 1. The Morgan fingerprint density at radius 1 is 1.11 bits per heavy atom. The fraction of sp³-hybridized carbons (Fsp3) is 0.324. The van der Waals surface area contributed by atoms with Gasteiger partial charge in [0.2, 0.25) is 0 Å². The van der Waals surface area contributed by atoms with Crippen LogP contribution in [0.3, 0.4) is 0 Å². The van der Waals surface area contributed by atoms with E-state index in [0.717, 1.165) is 47.1 Å². The average molecular weight is 613 g/mol. The lowest BCUT2D eigenvalue weighted by Crippen LogP contribution is -2.45. The predicted molar refractivity (Wildman–Crippen MR) is 171 cm³/mol. The highest BCUT2D eigenvalue weighted by Gasteiger charge is 2.26. The van der Waals surface area contributed by atoms with E-state index in [1.165, 1.54) is 11.3 Å². The van der Waals surface area contributed by atoms with E-state index in [2.05, 4.69) is 20.5 Å². The number of piperidine rings is 1. The molecule has 2 aliphatic rings. The molecule has 44 heavy (non-hydrogen) atoms. The second kappa shape index (κ2) is 12.4. The Hall–Kier alpha value is -4.25. The standard InChI is InChI=1S/C34H36N4O5S/c1-21-26(12-13-29-30(21)37-32(40)27-6-4-5-7-28(27)43-29)31(39)35-18-25-19-36-33(44-25)22-8-10-23(11-9-22)42-24-14-16-38(17-15-24)20-34(2,3)41/h4-13,19,24,41H,14-18,20H2,1-3H3,(H,35,39)(H,37,40). The molecular weight excluding hydrogens is 576 g/mol. The number of fused-ring (bicyclic) bond motifs is 2. The van der Waals surface area contributed by atoms with Crippen molar-refractivity contribution in [2.75, 3.05) is 25.0 Å². The lowest BCUT2D eigenvalue weighted by atomic mass is 10.0. The summed E-state index contributed by atoms with van der Waals surface area (Å²) in [5, 5.41) is 16.8. The van der Waals surface area contributed by atoms with E-state index < -0.39 is 5.60 Å². The first kappa shape index (κ1) is 29.8. The zero-order chi connectivity index (χ0) is 30.8. The van der Waals surface area contributed by atoms with Crippen LogP contribution in [0.25, 0.3) is 10.6 Å². The Labute approximate surface area is 260 Å². The van der Waals surface area contributed by atoms with E-state index in [-0.39, 0.29) is 17.9 Å². The number of amides is 2. The van der Waals surface area contributed by atoms with Crippen molar-refractivity contribution in [1.29, 1.82) is 0 Å². The maximum absolute atomic E-state index is 13.2. The summed E-state index contributed by atoms with van der Waals surface area (Å²) in [4.78, 5) is 33.7. The Morgan fingerprint density at radius 2 is 1.86 bits per heavy atom. The number of hydrogen-bond donors (Lipinski definition) is 3. The molecule has 10 heteroatoms. The van der Waals surface area contributed by atoms with Crippen LogP contribution < -0.4 is 20.1 Å². The van der Waals surface area contributed by atoms with Crippen LogP contribution in [0.2, 0.25) is 0 Å². The van der Waals surface area contributed by atoms with Gasteiger partial charge in [0.05, 0.1) is 23.4 Å². The third-order valence-corrected chi connectivity index (χ3v) is 8.83. The van der Waals surface area contributed by atoms with Crippen LogP contribution in [0.1, 0.15) is 57.8 Å². The second-order valence-electron chi connectivity index (χ2n) is 11.9. The van der Waals surface area contributed by atoms with Crippen LogP contribution in [-0.4, -0.2) is 58.1 Å². The molecule has 3 aromatic carbocycles. The number of thiazole rings is 1. The molecule has 1 aromatic heterocycles. The summed E-state index contributed by atoms with van der Waals surface area (Å²) in [6.07, 6.45) is 3.81. The molecule has 0 bridgehead atoms. The highest BCUT2D eigenvalue weighted by atomic mass is 32.1. The molecule has 0 spiro atoms. The third-order valence-electron chi connectivity index (χ3n) is 7.79. The number of β-amino-alcohol motifs (C(OH)–C–C–N with tert-alkyl or cyclic N) is 1. The highest BCUT2D eigenvalue weighted by molar-refractivity contribution is 7.15. The quantitative estimate of drug-likeness (QED) is 0.223. The van der Waals surface area contributed by atoms with E-state index in [1.54, 1.807) is 43.5 Å². The van der Waals surface area contributed by atoms with E-state index in [9.17, 15) is 14.7 Å². The number of likely N-dealkylation sites (tertiary alicyclic amines) is 1. The highest BCUT2D eigenvalue weighted by Crippen LogP contribution is 2.38. The van der Waals surface area contributed by atoms with Gasteiger partial charge in [-0.2, -0.15) is 0 Å². The fourth-order valence-corrected chi connectivity index (χ4v) is 6.46. The molecule has 1 saturated heterocycles. The van der Waals surface area contributed by atoms with Crippen LogP contribution in [0.5, 0.6) is 17.2 Å². The maximum Gasteiger partial charge on any atom is 0.259 e. The van der Waals surface area contributed by atoms with Crippen molar-refractivity contribution in [3.05, 3.63) is 88.4 Å². The van der Waals surface area contributed by atoms with Gasteiger partial charge in [-0.25, -0.2) is 4.98 Å². The van der Waals surface area contributed by atoms with E-state index in [1.807, 2.05) is 44.2 Å². The van der Waals surface area contributed by atoms with Gasteiger partial charge in [0.15, 0.2) is 5.75 Å². The summed E-state index contributed by atoms with van der Waals surface area (Å²) in [7, 11) is 0. The van der Waals surface area contributed by atoms with Crippen molar-refractivity contribution >= 4 is 28.8 Å². The molecule has 4 aromatic rings. The van der Waals surface area contributed by atoms with Crippen LogP contribution in [0.4, 0.5) is 5.69 Å². The van der Waals surface area contributed by atoms with Gasteiger partial charge < -0.3 is 30.1 Å². The van der Waals surface area contributed by atoms with Crippen molar-refractivity contribution in [1.82, 2.24) is 15.2 Å². The fourth-order valence-electron chi connectivity index (χ4n) is 5.60. The van der Waals surface area contributed by atoms with Gasteiger partial charge in [-0.3, -0.25) is 9.59 Å². The monoisotopic (exact) mass is 612 g/mol. The molecule has 2 aliphatic heterocycles. The van der Waals surface area contributed by atoms with Gasteiger partial charge in [-0.1, -0.05) is 12.1 Å². The van der Waals surface area contributed by atoms with Crippen LogP contribution in [-0.2, 0) is 6.54 Å². The third kappa shape index (κ3) is 6.77. The minimum atomic E-state index is -0.685. The molecule has 0 aliphatic carbocycles. The molecule has 3 heterocycles. The van der Waals surface area contributed by atoms with Gasteiger partial charge in [0.1, 0.15) is 22.6 Å². The van der Waals surface area contributed by atoms with Crippen LogP contribution in [0.15, 0.2) is 66.9 Å². The summed E-state index contributed by atoms with van der Waals surface area (Å²) in [5.41, 5.74) is 2.32. The van der Waals surface area contributed by atoms with Gasteiger partial charge in [-0.15, -0.1) is 11.3 Å². The Bertz CT molecular complexity index is 1670. The van der Waals surface area contributed by atoms with Gasteiger partial charge >= 0.3 is 0 Å². The first-order valence-corrected chi connectivity index (χ1v) is 15.6. The summed E-state index contributed by atoms with van der Waals surface area (Å²) in [5.74, 6) is 1.28. The van der Waals surface area contributed by atoms with Crippen molar-refractivity contribution in [3.63, 3.8) is 0 Å². The molecule has 3 N–H and O–H groups in total. The van der Waals surface area contributed by atoms with Gasteiger partial charge in [-0.05, 0) is 87.7 Å². The van der Waals surface area contributed by atoms with Crippen molar-refractivity contribution < 1.29 is 24.2 Å². The Balaban J connectivity index is 1.04. The Kier molecular flexibility index (Phi) is 8.40. The first-order chi connectivity index (χ1) is 21.1.